The van der Waals surface area contributed by atoms with Gasteiger partial charge in [-0.1, -0.05) is 0 Å². The summed E-state index contributed by atoms with van der Waals surface area (Å²) >= 11 is 0. The van der Waals surface area contributed by atoms with E-state index in [1.807, 2.05) is 20.8 Å². The van der Waals surface area contributed by atoms with Crippen molar-refractivity contribution < 1.29 is 23.9 Å². The van der Waals surface area contributed by atoms with Crippen LogP contribution in [0.25, 0.3) is 0 Å². The van der Waals surface area contributed by atoms with Gasteiger partial charge in [-0.05, 0) is 54.4 Å². The number of alkyl carbamates (subject to hydrolysis) is 1. The number of methoxy groups -OCH3 is 1. The summed E-state index contributed by atoms with van der Waals surface area (Å²) in [5, 5.41) is 5.43. The van der Waals surface area contributed by atoms with Crippen LogP contribution in [0.3, 0.4) is 0 Å². The van der Waals surface area contributed by atoms with Crippen molar-refractivity contribution in [3.8, 4) is 0 Å². The van der Waals surface area contributed by atoms with Crippen LogP contribution in [-0.2, 0) is 19.1 Å². The zero-order valence-corrected chi connectivity index (χ0v) is 16.3. The molecular weight excluding hydrogens is 326 g/mol. The molecule has 2 amide bonds. The number of amides is 2. The first-order valence-electron chi connectivity index (χ1n) is 8.49. The summed E-state index contributed by atoms with van der Waals surface area (Å²) in [6.07, 6.45) is -0.422. The molecule has 2 N–H and O–H groups in total. The predicted octanol–water partition coefficient (Wildman–Crippen LogP) is 1.39. The van der Waals surface area contributed by atoms with E-state index < -0.39 is 41.3 Å². The van der Waals surface area contributed by atoms with E-state index >= 15 is 0 Å². The van der Waals surface area contributed by atoms with Gasteiger partial charge in [0.25, 0.3) is 5.91 Å². The zero-order valence-electron chi connectivity index (χ0n) is 16.3. The fourth-order valence-corrected chi connectivity index (χ4v) is 2.64. The molecule has 1 rings (SSSR count). The molecule has 0 radical (unpaired) electrons. The molecule has 0 aromatic rings. The molecule has 1 heterocycles. The van der Waals surface area contributed by atoms with E-state index in [4.69, 9.17) is 9.47 Å². The van der Waals surface area contributed by atoms with Crippen LogP contribution in [0.5, 0.6) is 0 Å². The average Bonchev–Trinajstić information content (AvgIpc) is 2.88. The lowest BCUT2D eigenvalue weighted by molar-refractivity contribution is -0.148. The maximum atomic E-state index is 12.7. The lowest BCUT2D eigenvalue weighted by Crippen LogP contribution is -2.62. The highest BCUT2D eigenvalue weighted by Crippen LogP contribution is 2.21. The number of carbonyl (C=O) groups is 3. The van der Waals surface area contributed by atoms with Gasteiger partial charge < -0.3 is 14.8 Å². The van der Waals surface area contributed by atoms with Crippen LogP contribution in [0, 0.1) is 0 Å². The van der Waals surface area contributed by atoms with Crippen molar-refractivity contribution in [1.82, 2.24) is 15.5 Å². The van der Waals surface area contributed by atoms with Gasteiger partial charge in [0.2, 0.25) is 0 Å². The summed E-state index contributed by atoms with van der Waals surface area (Å²) in [4.78, 5) is 38.6. The van der Waals surface area contributed by atoms with E-state index in [-0.39, 0.29) is 0 Å². The van der Waals surface area contributed by atoms with Crippen LogP contribution >= 0.6 is 0 Å². The smallest absolute Gasteiger partial charge is 0.409 e. The van der Waals surface area contributed by atoms with Crippen LogP contribution in [-0.4, -0.2) is 59.9 Å². The van der Waals surface area contributed by atoms with Crippen LogP contribution in [0.4, 0.5) is 4.79 Å². The fraction of sp³-hybridized carbons (Fsp3) is 0.824. The minimum absolute atomic E-state index is 0.394. The van der Waals surface area contributed by atoms with Crippen molar-refractivity contribution in [2.24, 2.45) is 0 Å². The molecule has 8 heteroatoms. The van der Waals surface area contributed by atoms with Crippen LogP contribution < -0.4 is 10.6 Å². The molecule has 1 aliphatic rings. The Morgan fingerprint density at radius 3 is 2.20 bits per heavy atom. The molecule has 1 fully saturated rings. The number of esters is 1. The normalized spacial score (nSPS) is 19.9. The van der Waals surface area contributed by atoms with Crippen LogP contribution in [0.15, 0.2) is 0 Å². The molecule has 0 saturated carbocycles. The molecular formula is C17H31N3O5. The third-order valence-electron chi connectivity index (χ3n) is 3.50. The molecule has 0 aromatic heterocycles. The van der Waals surface area contributed by atoms with Gasteiger partial charge in [-0.2, -0.15) is 0 Å². The Bertz CT molecular complexity index is 507. The van der Waals surface area contributed by atoms with E-state index in [1.165, 1.54) is 7.11 Å². The summed E-state index contributed by atoms with van der Waals surface area (Å²) in [5.74, 6) is -0.814. The first kappa shape index (κ1) is 21.2. The lowest BCUT2D eigenvalue weighted by atomic mass is 10.1. The summed E-state index contributed by atoms with van der Waals surface area (Å²) in [5.41, 5.74) is -1.17. The third-order valence-corrected chi connectivity index (χ3v) is 3.50. The average molecular weight is 357 g/mol. The van der Waals surface area contributed by atoms with Gasteiger partial charge in [-0.15, -0.1) is 0 Å². The van der Waals surface area contributed by atoms with Gasteiger partial charge in [0, 0.05) is 12.1 Å². The second-order valence-corrected chi connectivity index (χ2v) is 8.21. The zero-order chi connectivity index (χ0) is 19.4. The van der Waals surface area contributed by atoms with Gasteiger partial charge in [0.15, 0.2) is 6.17 Å². The number of hydrogen-bond acceptors (Lipinski definition) is 6. The van der Waals surface area contributed by atoms with E-state index in [0.29, 0.717) is 13.0 Å². The Hall–Kier alpha value is -1.83. The number of ether oxygens (including phenoxy) is 2. The monoisotopic (exact) mass is 357 g/mol. The summed E-state index contributed by atoms with van der Waals surface area (Å²) in [7, 11) is 1.31. The fourth-order valence-electron chi connectivity index (χ4n) is 2.64. The number of rotatable bonds is 4. The Kier molecular flexibility index (Phi) is 6.82. The molecule has 0 aliphatic carbocycles. The van der Waals surface area contributed by atoms with Gasteiger partial charge in [-0.25, -0.2) is 4.79 Å². The van der Waals surface area contributed by atoms with Gasteiger partial charge in [0.05, 0.1) is 7.11 Å². The SMILES string of the molecule is COC(=O)[C@@H]1CCCN1[C@@H](NC(=O)OC(C)(C)C)C(=O)NC(C)(C)C. The Morgan fingerprint density at radius 1 is 1.12 bits per heavy atom. The van der Waals surface area contributed by atoms with Crippen molar-refractivity contribution in [3.63, 3.8) is 0 Å². The second-order valence-electron chi connectivity index (χ2n) is 8.21. The van der Waals surface area contributed by atoms with E-state index in [1.54, 1.807) is 25.7 Å². The van der Waals surface area contributed by atoms with Crippen molar-refractivity contribution in [3.05, 3.63) is 0 Å². The standard InChI is InChI=1S/C17H31N3O5/c1-16(2,3)19-13(21)12(18-15(23)25-17(4,5)6)20-10-8-9-11(20)14(22)24-7/h11-12H,8-10H2,1-7H3,(H,18,23)(H,19,21)/t11-,12+/m0/s1. The number of carbonyl (C=O) groups excluding carboxylic acids is 3. The molecule has 0 spiro atoms. The van der Waals surface area contributed by atoms with E-state index in [2.05, 4.69) is 10.6 Å². The van der Waals surface area contributed by atoms with Crippen molar-refractivity contribution in [2.75, 3.05) is 13.7 Å². The first-order chi connectivity index (χ1) is 11.3. The molecule has 0 bridgehead atoms. The lowest BCUT2D eigenvalue weighted by Gasteiger charge is -2.34. The van der Waals surface area contributed by atoms with Gasteiger partial charge in [0.1, 0.15) is 11.6 Å². The quantitative estimate of drug-likeness (QED) is 0.738. The molecule has 144 valence electrons. The largest absolute Gasteiger partial charge is 0.468 e. The topological polar surface area (TPSA) is 97.0 Å². The van der Waals surface area contributed by atoms with E-state index in [0.717, 1.165) is 6.42 Å². The molecule has 2 atom stereocenters. The maximum Gasteiger partial charge on any atom is 0.409 e. The van der Waals surface area contributed by atoms with Crippen LogP contribution in [0.2, 0.25) is 0 Å². The van der Waals surface area contributed by atoms with Crippen molar-refractivity contribution in [2.45, 2.75) is 77.7 Å². The number of nitrogens with one attached hydrogen (secondary N) is 2. The molecule has 0 unspecified atom stereocenters. The first-order valence-corrected chi connectivity index (χ1v) is 8.49. The highest BCUT2D eigenvalue weighted by atomic mass is 16.6. The Balaban J connectivity index is 3.00. The molecule has 8 nitrogen and oxygen atoms in total. The molecule has 1 aliphatic heterocycles. The van der Waals surface area contributed by atoms with Crippen molar-refractivity contribution >= 4 is 18.0 Å². The third kappa shape index (κ3) is 6.89. The summed E-state index contributed by atoms with van der Waals surface area (Å²) in [6.45, 7) is 11.3. The van der Waals surface area contributed by atoms with Gasteiger partial charge >= 0.3 is 12.1 Å². The van der Waals surface area contributed by atoms with Gasteiger partial charge in [-0.3, -0.25) is 19.8 Å². The van der Waals surface area contributed by atoms with Crippen molar-refractivity contribution in [1.29, 1.82) is 0 Å². The molecule has 0 aromatic carbocycles. The molecule has 1 saturated heterocycles. The van der Waals surface area contributed by atoms with Crippen LogP contribution in [0.1, 0.15) is 54.4 Å². The Labute approximate surface area is 149 Å². The summed E-state index contributed by atoms with van der Waals surface area (Å²) < 4.78 is 10.1. The minimum atomic E-state index is -1.01. The highest BCUT2D eigenvalue weighted by Gasteiger charge is 2.41. The number of hydrogen-bond donors (Lipinski definition) is 2. The maximum absolute atomic E-state index is 12.7. The molecule has 25 heavy (non-hydrogen) atoms. The summed E-state index contributed by atoms with van der Waals surface area (Å²) in [6, 6.07) is -0.573. The number of likely N-dealkylation sites (tertiary alicyclic amines) is 1. The Morgan fingerprint density at radius 2 is 1.72 bits per heavy atom. The minimum Gasteiger partial charge on any atom is -0.468 e. The second kappa shape index (κ2) is 8.03. The highest BCUT2D eigenvalue weighted by molar-refractivity contribution is 5.87. The van der Waals surface area contributed by atoms with E-state index in [9.17, 15) is 14.4 Å². The predicted molar refractivity (Wildman–Crippen MR) is 92.8 cm³/mol. The number of nitrogens with zero attached hydrogens (tertiary/aromatic N) is 1.